The molecule has 2 rings (SSSR count). The second kappa shape index (κ2) is 4.84. The molecule has 0 spiro atoms. The molecule has 1 heterocycles. The van der Waals surface area contributed by atoms with Gasteiger partial charge in [0, 0.05) is 19.1 Å². The van der Waals surface area contributed by atoms with Crippen molar-refractivity contribution < 1.29 is 9.90 Å². The van der Waals surface area contributed by atoms with E-state index in [2.05, 4.69) is 5.32 Å². The van der Waals surface area contributed by atoms with Gasteiger partial charge in [0.05, 0.1) is 0 Å². The van der Waals surface area contributed by atoms with Gasteiger partial charge in [-0.3, -0.25) is 0 Å². The zero-order valence-corrected chi connectivity index (χ0v) is 9.11. The van der Waals surface area contributed by atoms with Crippen molar-refractivity contribution in [3.05, 3.63) is 0 Å². The van der Waals surface area contributed by atoms with Gasteiger partial charge in [-0.2, -0.15) is 0 Å². The molecule has 1 saturated carbocycles. The third-order valence-electron chi connectivity index (χ3n) is 3.69. The van der Waals surface area contributed by atoms with Crippen LogP contribution in [0.4, 0.5) is 4.79 Å². The largest absolute Gasteiger partial charge is 0.465 e. The maximum absolute atomic E-state index is 10.7. The predicted molar refractivity (Wildman–Crippen MR) is 58.0 cm³/mol. The van der Waals surface area contributed by atoms with Gasteiger partial charge in [0.25, 0.3) is 0 Å². The van der Waals surface area contributed by atoms with E-state index in [-0.39, 0.29) is 0 Å². The van der Waals surface area contributed by atoms with Crippen LogP contribution < -0.4 is 5.32 Å². The normalized spacial score (nSPS) is 23.9. The van der Waals surface area contributed by atoms with E-state index in [1.54, 1.807) is 0 Å². The summed E-state index contributed by atoms with van der Waals surface area (Å²) in [7, 11) is 0. The average Bonchev–Trinajstić information content (AvgIpc) is 2.16. The monoisotopic (exact) mass is 212 g/mol. The summed E-state index contributed by atoms with van der Waals surface area (Å²) in [6.07, 6.45) is 5.32. The molecular weight excluding hydrogens is 192 g/mol. The minimum atomic E-state index is -0.771. The van der Waals surface area contributed by atoms with Crippen molar-refractivity contribution in [3.63, 3.8) is 0 Å². The summed E-state index contributed by atoms with van der Waals surface area (Å²) in [5.74, 6) is 0.891. The average molecular weight is 212 g/mol. The topological polar surface area (TPSA) is 52.6 Å². The number of rotatable bonds is 3. The number of hydrogen-bond acceptors (Lipinski definition) is 2. The molecule has 0 aromatic rings. The number of nitrogens with zero attached hydrogens (tertiary/aromatic N) is 1. The lowest BCUT2D eigenvalue weighted by atomic mass is 9.85. The van der Waals surface area contributed by atoms with Crippen LogP contribution in [0.15, 0.2) is 0 Å². The van der Waals surface area contributed by atoms with Crippen LogP contribution in [0.2, 0.25) is 0 Å². The van der Waals surface area contributed by atoms with Gasteiger partial charge in [0.15, 0.2) is 0 Å². The molecular formula is C11H20N2O2. The van der Waals surface area contributed by atoms with Gasteiger partial charge < -0.3 is 15.3 Å². The van der Waals surface area contributed by atoms with Gasteiger partial charge in [-0.25, -0.2) is 4.79 Å². The Hall–Kier alpha value is -0.770. The second-order valence-electron chi connectivity index (χ2n) is 4.75. The highest BCUT2D eigenvalue weighted by Gasteiger charge is 2.23. The smallest absolute Gasteiger partial charge is 0.407 e. The lowest BCUT2D eigenvalue weighted by Crippen LogP contribution is -2.45. The van der Waals surface area contributed by atoms with Crippen molar-refractivity contribution in [2.75, 3.05) is 19.6 Å². The minimum absolute atomic E-state index is 0.543. The Labute approximate surface area is 90.6 Å². The van der Waals surface area contributed by atoms with Crippen LogP contribution in [0.25, 0.3) is 0 Å². The van der Waals surface area contributed by atoms with E-state index in [1.807, 2.05) is 0 Å². The van der Waals surface area contributed by atoms with Crippen LogP contribution in [0.5, 0.6) is 0 Å². The third kappa shape index (κ3) is 2.84. The molecule has 1 saturated heterocycles. The Bertz CT molecular complexity index is 221. The molecule has 4 heteroatoms. The summed E-state index contributed by atoms with van der Waals surface area (Å²) >= 11 is 0. The van der Waals surface area contributed by atoms with Gasteiger partial charge >= 0.3 is 6.09 Å². The number of carboxylic acid groups (broad SMARTS) is 1. The Balaban J connectivity index is 1.62. The minimum Gasteiger partial charge on any atom is -0.465 e. The summed E-state index contributed by atoms with van der Waals surface area (Å²) in [6.45, 7) is 2.52. The first-order chi connectivity index (χ1) is 7.25. The molecule has 15 heavy (non-hydrogen) atoms. The molecule has 0 bridgehead atoms. The van der Waals surface area contributed by atoms with E-state index in [4.69, 9.17) is 5.11 Å². The van der Waals surface area contributed by atoms with Crippen LogP contribution in [0.3, 0.4) is 0 Å². The number of carbonyl (C=O) groups is 1. The Kier molecular flexibility index (Phi) is 3.46. The highest BCUT2D eigenvalue weighted by molar-refractivity contribution is 5.65. The van der Waals surface area contributed by atoms with Crippen LogP contribution >= 0.6 is 0 Å². The van der Waals surface area contributed by atoms with Gasteiger partial charge in [-0.15, -0.1) is 0 Å². The number of likely N-dealkylation sites (tertiary alicyclic amines) is 1. The van der Waals surface area contributed by atoms with E-state index < -0.39 is 6.09 Å². The Morgan fingerprint density at radius 1 is 1.27 bits per heavy atom. The fourth-order valence-electron chi connectivity index (χ4n) is 2.31. The van der Waals surface area contributed by atoms with Gasteiger partial charge in [-0.05, 0) is 38.1 Å². The molecule has 0 aromatic heterocycles. The highest BCUT2D eigenvalue weighted by atomic mass is 16.4. The first-order valence-electron chi connectivity index (χ1n) is 5.97. The first kappa shape index (κ1) is 10.7. The standard InChI is InChI=1S/C11H20N2O2/c14-11(15)13-6-4-10(5-7-13)12-8-9-2-1-3-9/h9-10,12H,1-8H2,(H,14,15). The van der Waals surface area contributed by atoms with Crippen molar-refractivity contribution >= 4 is 6.09 Å². The number of amides is 1. The van der Waals surface area contributed by atoms with Gasteiger partial charge in [0.2, 0.25) is 0 Å². The Morgan fingerprint density at radius 3 is 2.40 bits per heavy atom. The molecule has 1 aliphatic heterocycles. The van der Waals surface area contributed by atoms with E-state index in [1.165, 1.54) is 24.2 Å². The maximum Gasteiger partial charge on any atom is 0.407 e. The lowest BCUT2D eigenvalue weighted by molar-refractivity contribution is 0.127. The summed E-state index contributed by atoms with van der Waals surface area (Å²) in [6, 6.07) is 0.543. The van der Waals surface area contributed by atoms with Crippen molar-refractivity contribution in [2.45, 2.75) is 38.1 Å². The van der Waals surface area contributed by atoms with E-state index in [0.29, 0.717) is 19.1 Å². The molecule has 2 aliphatic rings. The molecule has 1 aliphatic carbocycles. The van der Waals surface area contributed by atoms with E-state index in [9.17, 15) is 4.79 Å². The zero-order chi connectivity index (χ0) is 10.7. The van der Waals surface area contributed by atoms with Crippen molar-refractivity contribution in [2.24, 2.45) is 5.92 Å². The quantitative estimate of drug-likeness (QED) is 0.745. The molecule has 0 radical (unpaired) electrons. The molecule has 86 valence electrons. The number of piperidine rings is 1. The zero-order valence-electron chi connectivity index (χ0n) is 9.11. The summed E-state index contributed by atoms with van der Waals surface area (Å²) in [4.78, 5) is 12.2. The fourth-order valence-corrected chi connectivity index (χ4v) is 2.31. The predicted octanol–water partition coefficient (Wildman–Crippen LogP) is 1.52. The van der Waals surface area contributed by atoms with Crippen LogP contribution in [0.1, 0.15) is 32.1 Å². The van der Waals surface area contributed by atoms with Gasteiger partial charge in [0.1, 0.15) is 0 Å². The summed E-state index contributed by atoms with van der Waals surface area (Å²) in [5.41, 5.74) is 0. The molecule has 2 fully saturated rings. The van der Waals surface area contributed by atoms with E-state index in [0.717, 1.165) is 25.3 Å². The number of hydrogen-bond donors (Lipinski definition) is 2. The molecule has 2 N–H and O–H groups in total. The molecule has 0 unspecified atom stereocenters. The van der Waals surface area contributed by atoms with E-state index >= 15 is 0 Å². The third-order valence-corrected chi connectivity index (χ3v) is 3.69. The van der Waals surface area contributed by atoms with Crippen molar-refractivity contribution in [1.29, 1.82) is 0 Å². The highest BCUT2D eigenvalue weighted by Crippen LogP contribution is 2.25. The molecule has 4 nitrogen and oxygen atoms in total. The Morgan fingerprint density at radius 2 is 1.93 bits per heavy atom. The summed E-state index contributed by atoms with van der Waals surface area (Å²) in [5, 5.41) is 12.4. The second-order valence-corrected chi connectivity index (χ2v) is 4.75. The molecule has 0 aromatic carbocycles. The van der Waals surface area contributed by atoms with Crippen LogP contribution in [-0.4, -0.2) is 41.8 Å². The number of nitrogens with one attached hydrogen (secondary N) is 1. The maximum atomic E-state index is 10.7. The fraction of sp³-hybridized carbons (Fsp3) is 0.909. The SMILES string of the molecule is O=C(O)N1CCC(NCC2CCC2)CC1. The van der Waals surface area contributed by atoms with Gasteiger partial charge in [-0.1, -0.05) is 6.42 Å². The molecule has 0 atom stereocenters. The van der Waals surface area contributed by atoms with Crippen molar-refractivity contribution in [3.8, 4) is 0 Å². The first-order valence-corrected chi connectivity index (χ1v) is 5.97. The van der Waals surface area contributed by atoms with Crippen molar-refractivity contribution in [1.82, 2.24) is 10.2 Å². The lowest BCUT2D eigenvalue weighted by Gasteiger charge is -2.33. The molecule has 1 amide bonds. The summed E-state index contributed by atoms with van der Waals surface area (Å²) < 4.78 is 0. The van der Waals surface area contributed by atoms with Crippen LogP contribution in [0, 0.1) is 5.92 Å². The van der Waals surface area contributed by atoms with Crippen LogP contribution in [-0.2, 0) is 0 Å².